The minimum Gasteiger partial charge on any atom is -0.383 e. The maximum atomic E-state index is 12.6. The molecule has 0 atom stereocenters. The van der Waals surface area contributed by atoms with Gasteiger partial charge in [0.2, 0.25) is 0 Å². The Labute approximate surface area is 199 Å². The van der Waals surface area contributed by atoms with Gasteiger partial charge in [-0.3, -0.25) is 9.59 Å². The molecule has 0 aliphatic carbocycles. The molecule has 4 rings (SSSR count). The van der Waals surface area contributed by atoms with Crippen molar-refractivity contribution in [2.24, 2.45) is 7.05 Å². The standard InChI is InChI=1S/C27H28N4O3/c1-18(32)14-19-15-24-25(29-31(3)26(24)28-17-19)23-7-5-6-22(16-23)20-8-10-21(11-9-20)27(33)30(2)12-13-34-4/h5-11,15-17H,12-14H2,1-4H3. The summed E-state index contributed by atoms with van der Waals surface area (Å²) in [6, 6.07) is 17.7. The van der Waals surface area contributed by atoms with Crippen LogP contribution in [0.3, 0.4) is 0 Å². The number of nitrogens with zero attached hydrogens (tertiary/aromatic N) is 4. The second kappa shape index (κ2) is 9.97. The van der Waals surface area contributed by atoms with Crippen LogP contribution in [0.15, 0.2) is 60.8 Å². The van der Waals surface area contributed by atoms with Crippen LogP contribution in [0.4, 0.5) is 0 Å². The lowest BCUT2D eigenvalue weighted by Crippen LogP contribution is -2.29. The number of likely N-dealkylation sites (N-methyl/N-ethyl adjacent to an activating group) is 1. The number of Topliss-reactive ketones (excluding diaryl/α,β-unsaturated/α-hetero) is 1. The van der Waals surface area contributed by atoms with Crippen LogP contribution in [0.25, 0.3) is 33.4 Å². The van der Waals surface area contributed by atoms with Gasteiger partial charge in [-0.1, -0.05) is 30.3 Å². The number of aryl methyl sites for hydroxylation is 1. The first kappa shape index (κ1) is 23.3. The SMILES string of the molecule is COCCN(C)C(=O)c1ccc(-c2cccc(-c3nn(C)c4ncc(CC(C)=O)cc34)c2)cc1. The van der Waals surface area contributed by atoms with E-state index in [1.165, 1.54) is 0 Å². The maximum absolute atomic E-state index is 12.6. The van der Waals surface area contributed by atoms with E-state index in [-0.39, 0.29) is 11.7 Å². The van der Waals surface area contributed by atoms with Crippen LogP contribution < -0.4 is 0 Å². The molecule has 2 aromatic heterocycles. The molecule has 34 heavy (non-hydrogen) atoms. The fourth-order valence-electron chi connectivity index (χ4n) is 3.98. The summed E-state index contributed by atoms with van der Waals surface area (Å²) in [5.41, 5.74) is 6.10. The molecule has 0 bridgehead atoms. The van der Waals surface area contributed by atoms with Crippen LogP contribution in [-0.4, -0.2) is 58.7 Å². The number of benzene rings is 2. The van der Waals surface area contributed by atoms with Gasteiger partial charge in [0.1, 0.15) is 11.5 Å². The third-order valence-corrected chi connectivity index (χ3v) is 5.77. The van der Waals surface area contributed by atoms with Crippen LogP contribution >= 0.6 is 0 Å². The van der Waals surface area contributed by atoms with Gasteiger partial charge in [0.25, 0.3) is 5.91 Å². The third-order valence-electron chi connectivity index (χ3n) is 5.77. The number of aromatic nitrogens is 3. The molecule has 4 aromatic rings. The van der Waals surface area contributed by atoms with E-state index in [4.69, 9.17) is 9.84 Å². The number of rotatable bonds is 8. The predicted molar refractivity (Wildman–Crippen MR) is 133 cm³/mol. The van der Waals surface area contributed by atoms with Gasteiger partial charge in [-0.05, 0) is 47.9 Å². The lowest BCUT2D eigenvalue weighted by molar-refractivity contribution is -0.116. The smallest absolute Gasteiger partial charge is 0.253 e. The Bertz CT molecular complexity index is 1340. The zero-order valence-corrected chi connectivity index (χ0v) is 19.9. The fourth-order valence-corrected chi connectivity index (χ4v) is 3.98. The Kier molecular flexibility index (Phi) is 6.84. The number of ether oxygens (including phenoxy) is 1. The number of amides is 1. The number of methoxy groups -OCH3 is 1. The highest BCUT2D eigenvalue weighted by Crippen LogP contribution is 2.31. The van der Waals surface area contributed by atoms with E-state index < -0.39 is 0 Å². The van der Waals surface area contributed by atoms with Gasteiger partial charge >= 0.3 is 0 Å². The van der Waals surface area contributed by atoms with Crippen molar-refractivity contribution in [2.75, 3.05) is 27.3 Å². The molecule has 7 heteroatoms. The van der Waals surface area contributed by atoms with Crippen LogP contribution in [0.5, 0.6) is 0 Å². The first-order valence-electron chi connectivity index (χ1n) is 11.1. The van der Waals surface area contributed by atoms with Crippen molar-refractivity contribution in [2.45, 2.75) is 13.3 Å². The van der Waals surface area contributed by atoms with Crippen molar-refractivity contribution in [3.63, 3.8) is 0 Å². The molecule has 0 unspecified atom stereocenters. The molecule has 0 radical (unpaired) electrons. The Balaban J connectivity index is 1.64. The summed E-state index contributed by atoms with van der Waals surface area (Å²) in [6.07, 6.45) is 2.09. The number of hydrogen-bond acceptors (Lipinski definition) is 5. The zero-order valence-electron chi connectivity index (χ0n) is 19.9. The maximum Gasteiger partial charge on any atom is 0.253 e. The quantitative estimate of drug-likeness (QED) is 0.398. The zero-order chi connectivity index (χ0) is 24.2. The molecule has 0 spiro atoms. The summed E-state index contributed by atoms with van der Waals surface area (Å²) in [6.45, 7) is 2.62. The molecular weight excluding hydrogens is 428 g/mol. The number of carbonyl (C=O) groups is 2. The summed E-state index contributed by atoms with van der Waals surface area (Å²) in [7, 11) is 5.26. The predicted octanol–water partition coefficient (Wildman–Crippen LogP) is 4.15. The molecule has 0 saturated carbocycles. The third kappa shape index (κ3) is 4.89. The molecule has 174 valence electrons. The molecule has 0 N–H and O–H groups in total. The lowest BCUT2D eigenvalue weighted by atomic mass is 9.99. The van der Waals surface area contributed by atoms with E-state index in [1.54, 1.807) is 36.9 Å². The van der Waals surface area contributed by atoms with Crippen molar-refractivity contribution >= 4 is 22.7 Å². The van der Waals surface area contributed by atoms with Crippen LogP contribution in [0.2, 0.25) is 0 Å². The van der Waals surface area contributed by atoms with E-state index in [2.05, 4.69) is 11.1 Å². The molecule has 0 fully saturated rings. The highest BCUT2D eigenvalue weighted by Gasteiger charge is 2.15. The van der Waals surface area contributed by atoms with Crippen LogP contribution in [0, 0.1) is 0 Å². The van der Waals surface area contributed by atoms with Crippen LogP contribution in [-0.2, 0) is 23.0 Å². The van der Waals surface area contributed by atoms with E-state index in [0.29, 0.717) is 25.1 Å². The molecular formula is C27H28N4O3. The van der Waals surface area contributed by atoms with Gasteiger partial charge in [-0.15, -0.1) is 0 Å². The van der Waals surface area contributed by atoms with E-state index in [0.717, 1.165) is 39.0 Å². The fraction of sp³-hybridized carbons (Fsp3) is 0.259. The number of ketones is 1. The first-order valence-corrected chi connectivity index (χ1v) is 11.1. The minimum atomic E-state index is -0.0360. The highest BCUT2D eigenvalue weighted by atomic mass is 16.5. The average molecular weight is 457 g/mol. The van der Waals surface area contributed by atoms with Gasteiger partial charge in [0, 0.05) is 56.9 Å². The summed E-state index contributed by atoms with van der Waals surface area (Å²) >= 11 is 0. The molecule has 2 aromatic carbocycles. The summed E-state index contributed by atoms with van der Waals surface area (Å²) in [4.78, 5) is 30.4. The summed E-state index contributed by atoms with van der Waals surface area (Å²) in [5.74, 6) is 0.0616. The molecule has 2 heterocycles. The molecule has 0 aliphatic heterocycles. The summed E-state index contributed by atoms with van der Waals surface area (Å²) < 4.78 is 6.81. The first-order chi connectivity index (χ1) is 16.4. The monoisotopic (exact) mass is 456 g/mol. The molecule has 1 amide bonds. The second-order valence-electron chi connectivity index (χ2n) is 8.44. The number of pyridine rings is 1. The number of fused-ring (bicyclic) bond motifs is 1. The highest BCUT2D eigenvalue weighted by molar-refractivity contribution is 5.95. The van der Waals surface area contributed by atoms with Gasteiger partial charge < -0.3 is 9.64 Å². The number of carbonyl (C=O) groups excluding carboxylic acids is 2. The molecule has 0 saturated heterocycles. The summed E-state index contributed by atoms with van der Waals surface area (Å²) in [5, 5.41) is 5.62. The Morgan fingerprint density at radius 1 is 1.03 bits per heavy atom. The van der Waals surface area contributed by atoms with Crippen LogP contribution in [0.1, 0.15) is 22.8 Å². The Morgan fingerprint density at radius 3 is 2.47 bits per heavy atom. The van der Waals surface area contributed by atoms with Gasteiger partial charge in [0.15, 0.2) is 5.65 Å². The van der Waals surface area contributed by atoms with Gasteiger partial charge in [-0.2, -0.15) is 5.10 Å². The lowest BCUT2D eigenvalue weighted by Gasteiger charge is -2.16. The van der Waals surface area contributed by atoms with Crippen molar-refractivity contribution in [1.82, 2.24) is 19.7 Å². The largest absolute Gasteiger partial charge is 0.383 e. The van der Waals surface area contributed by atoms with E-state index in [9.17, 15) is 9.59 Å². The Morgan fingerprint density at radius 2 is 1.76 bits per heavy atom. The van der Waals surface area contributed by atoms with Crippen molar-refractivity contribution in [3.8, 4) is 22.4 Å². The topological polar surface area (TPSA) is 77.3 Å². The number of hydrogen-bond donors (Lipinski definition) is 0. The van der Waals surface area contributed by atoms with Crippen molar-refractivity contribution in [3.05, 3.63) is 71.9 Å². The van der Waals surface area contributed by atoms with Gasteiger partial charge in [-0.25, -0.2) is 9.67 Å². The molecule has 0 aliphatic rings. The normalized spacial score (nSPS) is 11.1. The van der Waals surface area contributed by atoms with Crippen molar-refractivity contribution in [1.29, 1.82) is 0 Å². The minimum absolute atomic E-state index is 0.0360. The second-order valence-corrected chi connectivity index (χ2v) is 8.44. The van der Waals surface area contributed by atoms with Gasteiger partial charge in [0.05, 0.1) is 6.61 Å². The average Bonchev–Trinajstić information content (AvgIpc) is 3.17. The Hall–Kier alpha value is -3.84. The van der Waals surface area contributed by atoms with E-state index in [1.807, 2.05) is 55.6 Å². The van der Waals surface area contributed by atoms with E-state index >= 15 is 0 Å². The molecule has 7 nitrogen and oxygen atoms in total. The van der Waals surface area contributed by atoms with Crippen molar-refractivity contribution < 1.29 is 14.3 Å².